The fourth-order valence-electron chi connectivity index (χ4n) is 2.28. The average molecular weight is 287 g/mol. The zero-order valence-corrected chi connectivity index (χ0v) is 12.4. The summed E-state index contributed by atoms with van der Waals surface area (Å²) in [5.74, 6) is 1.50. The number of ether oxygens (including phenoxy) is 2. The van der Waals surface area contributed by atoms with Crippen molar-refractivity contribution < 1.29 is 14.6 Å². The third-order valence-electron chi connectivity index (χ3n) is 3.47. The molecule has 0 unspecified atom stereocenters. The molecule has 0 fully saturated rings. The number of nitrogens with two attached hydrogens (primary N) is 1. The molecular weight excluding hydrogens is 266 g/mol. The molecule has 1 atom stereocenters. The Kier molecular flexibility index (Phi) is 5.06. The minimum absolute atomic E-state index is 0.580. The lowest BCUT2D eigenvalue weighted by Gasteiger charge is -2.14. The van der Waals surface area contributed by atoms with Gasteiger partial charge in [-0.05, 0) is 36.6 Å². The van der Waals surface area contributed by atoms with Crippen LogP contribution in [0.5, 0.6) is 11.5 Å². The van der Waals surface area contributed by atoms with E-state index in [0.29, 0.717) is 18.5 Å². The molecule has 0 saturated heterocycles. The second-order valence-corrected chi connectivity index (χ2v) is 4.90. The Labute approximate surface area is 125 Å². The van der Waals surface area contributed by atoms with Crippen LogP contribution in [-0.2, 0) is 6.42 Å². The van der Waals surface area contributed by atoms with E-state index in [0.717, 1.165) is 22.6 Å². The fourth-order valence-corrected chi connectivity index (χ4v) is 2.28. The maximum Gasteiger partial charge on any atom is 0.122 e. The van der Waals surface area contributed by atoms with Crippen molar-refractivity contribution >= 4 is 5.69 Å². The predicted octanol–water partition coefficient (Wildman–Crippen LogP) is 2.95. The molecule has 0 aliphatic carbocycles. The van der Waals surface area contributed by atoms with E-state index in [4.69, 9.17) is 15.2 Å². The third-order valence-corrected chi connectivity index (χ3v) is 3.47. The summed E-state index contributed by atoms with van der Waals surface area (Å²) < 4.78 is 10.5. The molecule has 0 amide bonds. The molecule has 3 N–H and O–H groups in total. The molecule has 21 heavy (non-hydrogen) atoms. The normalized spacial score (nSPS) is 12.0. The van der Waals surface area contributed by atoms with Gasteiger partial charge in [0.05, 0.1) is 20.3 Å². The number of para-hydroxylation sites is 1. The van der Waals surface area contributed by atoms with Crippen molar-refractivity contribution in [2.45, 2.75) is 18.9 Å². The van der Waals surface area contributed by atoms with Gasteiger partial charge < -0.3 is 20.3 Å². The smallest absolute Gasteiger partial charge is 0.122 e. The molecule has 4 heteroatoms. The Hall–Kier alpha value is -2.20. The van der Waals surface area contributed by atoms with Crippen LogP contribution in [0.25, 0.3) is 0 Å². The highest BCUT2D eigenvalue weighted by Gasteiger charge is 2.11. The summed E-state index contributed by atoms with van der Waals surface area (Å²) in [5, 5.41) is 10.3. The van der Waals surface area contributed by atoms with Crippen LogP contribution in [0.1, 0.15) is 23.7 Å². The molecule has 0 saturated carbocycles. The lowest BCUT2D eigenvalue weighted by molar-refractivity contribution is 0.168. The number of methoxy groups -OCH3 is 2. The highest BCUT2D eigenvalue weighted by atomic mass is 16.5. The maximum absolute atomic E-state index is 10.3. The monoisotopic (exact) mass is 287 g/mol. The first-order valence-electron chi connectivity index (χ1n) is 6.88. The van der Waals surface area contributed by atoms with E-state index in [1.54, 1.807) is 20.3 Å². The molecule has 2 aromatic rings. The van der Waals surface area contributed by atoms with Crippen molar-refractivity contribution in [3.05, 3.63) is 53.6 Å². The maximum atomic E-state index is 10.3. The Morgan fingerprint density at radius 2 is 1.67 bits per heavy atom. The summed E-state index contributed by atoms with van der Waals surface area (Å²) in [4.78, 5) is 0. The second kappa shape index (κ2) is 6.99. The Morgan fingerprint density at radius 1 is 1.05 bits per heavy atom. The summed E-state index contributed by atoms with van der Waals surface area (Å²) in [6.07, 6.45) is 0.719. The molecule has 0 heterocycles. The van der Waals surface area contributed by atoms with Crippen LogP contribution in [0.3, 0.4) is 0 Å². The fraction of sp³-hybridized carbons (Fsp3) is 0.294. The standard InChI is InChI=1S/C17H21NO3/c1-20-13-9-12(10-14(11-13)21-2)7-8-17(19)15-5-3-4-6-16(15)18/h3-6,9-11,17,19H,7-8,18H2,1-2H3/t17-/m1/s1. The quantitative estimate of drug-likeness (QED) is 0.802. The van der Waals surface area contributed by atoms with Gasteiger partial charge in [-0.3, -0.25) is 0 Å². The van der Waals surface area contributed by atoms with E-state index in [2.05, 4.69) is 0 Å². The van der Waals surface area contributed by atoms with Crippen LogP contribution in [-0.4, -0.2) is 19.3 Å². The van der Waals surface area contributed by atoms with Gasteiger partial charge in [0.1, 0.15) is 11.5 Å². The average Bonchev–Trinajstić information content (AvgIpc) is 2.52. The van der Waals surface area contributed by atoms with Crippen LogP contribution < -0.4 is 15.2 Å². The van der Waals surface area contributed by atoms with Gasteiger partial charge in [-0.1, -0.05) is 18.2 Å². The molecule has 112 valence electrons. The zero-order valence-electron chi connectivity index (χ0n) is 12.4. The number of aliphatic hydroxyl groups is 1. The van der Waals surface area contributed by atoms with E-state index in [9.17, 15) is 5.11 Å². The first-order valence-corrected chi connectivity index (χ1v) is 6.88. The van der Waals surface area contributed by atoms with Crippen molar-refractivity contribution in [1.29, 1.82) is 0 Å². The minimum atomic E-state index is -0.580. The SMILES string of the molecule is COc1cc(CC[C@@H](O)c2ccccc2N)cc(OC)c1. The second-order valence-electron chi connectivity index (χ2n) is 4.90. The first-order chi connectivity index (χ1) is 10.1. The third kappa shape index (κ3) is 3.89. The van der Waals surface area contributed by atoms with Crippen molar-refractivity contribution in [2.75, 3.05) is 20.0 Å². The topological polar surface area (TPSA) is 64.7 Å². The number of aryl methyl sites for hydroxylation is 1. The number of benzene rings is 2. The molecule has 0 radical (unpaired) electrons. The van der Waals surface area contributed by atoms with Crippen LogP contribution >= 0.6 is 0 Å². The van der Waals surface area contributed by atoms with E-state index in [1.165, 1.54) is 0 Å². The molecule has 0 aliphatic heterocycles. The van der Waals surface area contributed by atoms with Crippen LogP contribution in [0, 0.1) is 0 Å². The van der Waals surface area contributed by atoms with Gasteiger partial charge in [0.2, 0.25) is 0 Å². The zero-order chi connectivity index (χ0) is 15.2. The largest absolute Gasteiger partial charge is 0.497 e. The van der Waals surface area contributed by atoms with Gasteiger partial charge >= 0.3 is 0 Å². The summed E-state index contributed by atoms with van der Waals surface area (Å²) in [6, 6.07) is 13.1. The lowest BCUT2D eigenvalue weighted by Crippen LogP contribution is -2.03. The molecule has 0 aliphatic rings. The Morgan fingerprint density at radius 3 is 2.24 bits per heavy atom. The van der Waals surface area contributed by atoms with Crippen LogP contribution in [0.15, 0.2) is 42.5 Å². The van der Waals surface area contributed by atoms with E-state index < -0.39 is 6.10 Å². The number of aliphatic hydroxyl groups excluding tert-OH is 1. The van der Waals surface area contributed by atoms with Crippen molar-refractivity contribution in [3.8, 4) is 11.5 Å². The van der Waals surface area contributed by atoms with Gasteiger partial charge in [-0.25, -0.2) is 0 Å². The van der Waals surface area contributed by atoms with Crippen molar-refractivity contribution in [2.24, 2.45) is 0 Å². The molecule has 2 aromatic carbocycles. The van der Waals surface area contributed by atoms with Crippen LogP contribution in [0.4, 0.5) is 5.69 Å². The van der Waals surface area contributed by atoms with E-state index in [1.807, 2.05) is 36.4 Å². The molecule has 4 nitrogen and oxygen atoms in total. The number of nitrogen functional groups attached to an aromatic ring is 1. The summed E-state index contributed by atoms with van der Waals surface area (Å²) in [7, 11) is 3.25. The number of anilines is 1. The molecule has 0 bridgehead atoms. The number of rotatable bonds is 6. The molecule has 0 aromatic heterocycles. The summed E-state index contributed by atoms with van der Waals surface area (Å²) in [5.41, 5.74) is 8.33. The van der Waals surface area contributed by atoms with Gasteiger partial charge in [0, 0.05) is 17.3 Å². The van der Waals surface area contributed by atoms with Crippen molar-refractivity contribution in [1.82, 2.24) is 0 Å². The highest BCUT2D eigenvalue weighted by Crippen LogP contribution is 2.27. The number of hydrogen-bond acceptors (Lipinski definition) is 4. The summed E-state index contributed by atoms with van der Waals surface area (Å²) >= 11 is 0. The van der Waals surface area contributed by atoms with Gasteiger partial charge in [-0.15, -0.1) is 0 Å². The summed E-state index contributed by atoms with van der Waals surface area (Å²) in [6.45, 7) is 0. The van der Waals surface area contributed by atoms with Gasteiger partial charge in [0.25, 0.3) is 0 Å². The molecular formula is C17H21NO3. The highest BCUT2D eigenvalue weighted by molar-refractivity contribution is 5.47. The lowest BCUT2D eigenvalue weighted by atomic mass is 10.00. The Bertz CT molecular complexity index is 576. The molecule has 2 rings (SSSR count). The number of hydrogen-bond donors (Lipinski definition) is 2. The van der Waals surface area contributed by atoms with E-state index in [-0.39, 0.29) is 0 Å². The van der Waals surface area contributed by atoms with Gasteiger partial charge in [-0.2, -0.15) is 0 Å². The molecule has 0 spiro atoms. The van der Waals surface area contributed by atoms with Crippen molar-refractivity contribution in [3.63, 3.8) is 0 Å². The first kappa shape index (κ1) is 15.2. The minimum Gasteiger partial charge on any atom is -0.497 e. The van der Waals surface area contributed by atoms with Gasteiger partial charge in [0.15, 0.2) is 0 Å². The predicted molar refractivity (Wildman–Crippen MR) is 83.7 cm³/mol. The Balaban J connectivity index is 2.07. The van der Waals surface area contributed by atoms with Crippen LogP contribution in [0.2, 0.25) is 0 Å². The van der Waals surface area contributed by atoms with E-state index >= 15 is 0 Å².